The van der Waals surface area contributed by atoms with E-state index in [-0.39, 0.29) is 0 Å². The molecule has 0 spiro atoms. The van der Waals surface area contributed by atoms with Gasteiger partial charge in [0.1, 0.15) is 0 Å². The summed E-state index contributed by atoms with van der Waals surface area (Å²) < 4.78 is 16.6. The Balaban J connectivity index is 0.000000424. The van der Waals surface area contributed by atoms with E-state index in [4.69, 9.17) is 18.5 Å². The Morgan fingerprint density at radius 2 is 1.54 bits per heavy atom. The first-order valence-electron chi connectivity index (χ1n) is 3.46. The third kappa shape index (κ3) is 5.29. The van der Waals surface area contributed by atoms with Crippen LogP contribution in [0.2, 0.25) is 0 Å². The molecule has 1 aromatic carbocycles. The fourth-order valence-electron chi connectivity index (χ4n) is 0.739. The number of benzene rings is 1. The summed E-state index contributed by atoms with van der Waals surface area (Å²) in [5.41, 5.74) is 1.65. The van der Waals surface area contributed by atoms with Gasteiger partial charge >= 0.3 is 18.7 Å². The van der Waals surface area contributed by atoms with Gasteiger partial charge in [0.05, 0.1) is 0 Å². The summed E-state index contributed by atoms with van der Waals surface area (Å²) in [4.78, 5) is 0. The van der Waals surface area contributed by atoms with Crippen LogP contribution in [0.25, 0.3) is 0 Å². The number of hydrogen-bond donors (Lipinski definition) is 2. The summed E-state index contributed by atoms with van der Waals surface area (Å²) >= 11 is -0.750. The molecule has 0 saturated carbocycles. The quantitative estimate of drug-likeness (QED) is 0.570. The lowest BCUT2D eigenvalue weighted by Crippen LogP contribution is -2.29. The Labute approximate surface area is 80.0 Å². The maximum atomic E-state index is 8.67. The van der Waals surface area contributed by atoms with Crippen molar-refractivity contribution in [1.29, 1.82) is 0 Å². The number of rotatable bonds is 1. The van der Waals surface area contributed by atoms with Crippen molar-refractivity contribution in [1.82, 2.24) is 0 Å². The predicted molar refractivity (Wildman–Crippen MR) is 49.9 cm³/mol. The summed E-state index contributed by atoms with van der Waals surface area (Å²) in [6.07, 6.45) is 0. The van der Waals surface area contributed by atoms with E-state index in [0.717, 1.165) is 5.56 Å². The van der Waals surface area contributed by atoms with E-state index >= 15 is 0 Å². The van der Waals surface area contributed by atoms with Crippen molar-refractivity contribution in [3.8, 4) is 0 Å². The fourth-order valence-corrected chi connectivity index (χ4v) is 0.739. The molecule has 0 saturated heterocycles. The first-order valence-corrected chi connectivity index (χ1v) is 4.13. The molecule has 0 aliphatic rings. The second-order valence-electron chi connectivity index (χ2n) is 2.35. The Kier molecular flexibility index (Phi) is 6.04. The highest BCUT2D eigenvalue weighted by Gasteiger charge is 2.08. The smallest absolute Gasteiger partial charge is 0.423 e. The molecule has 70 valence electrons. The van der Waals surface area contributed by atoms with Gasteiger partial charge in [0.25, 0.3) is 0 Å². The van der Waals surface area contributed by atoms with Crippen LogP contribution < -0.4 is 5.46 Å². The van der Waals surface area contributed by atoms with Gasteiger partial charge < -0.3 is 10.0 Å². The standard InChI is InChI=1S/C7H9BO2.O2S/c1-6-2-4-7(5-3-6)8(9)10;1-3-2/h2-5,9-10H,1H3;. The van der Waals surface area contributed by atoms with Gasteiger partial charge in [0.15, 0.2) is 0 Å². The molecule has 4 nitrogen and oxygen atoms in total. The van der Waals surface area contributed by atoms with Crippen molar-refractivity contribution in [3.05, 3.63) is 29.8 Å². The second-order valence-corrected chi connectivity index (χ2v) is 2.49. The zero-order valence-electron chi connectivity index (χ0n) is 7.01. The van der Waals surface area contributed by atoms with Gasteiger partial charge in [-0.05, 0) is 12.4 Å². The van der Waals surface area contributed by atoms with Crippen LogP contribution in [0.5, 0.6) is 0 Å². The minimum Gasteiger partial charge on any atom is -0.423 e. The molecule has 0 atom stereocenters. The molecule has 0 heterocycles. The minimum atomic E-state index is -1.35. The largest absolute Gasteiger partial charge is 0.488 e. The van der Waals surface area contributed by atoms with E-state index in [0.29, 0.717) is 5.46 Å². The van der Waals surface area contributed by atoms with Crippen LogP contribution in [0.4, 0.5) is 0 Å². The SMILES string of the molecule is Cc1ccc(B(O)O)cc1.O=S=O. The van der Waals surface area contributed by atoms with E-state index < -0.39 is 18.7 Å². The summed E-state index contributed by atoms with van der Waals surface area (Å²) in [6.45, 7) is 1.95. The van der Waals surface area contributed by atoms with Gasteiger partial charge in [-0.2, -0.15) is 8.42 Å². The average Bonchev–Trinajstić information content (AvgIpc) is 2.06. The minimum absolute atomic E-state index is 0.533. The predicted octanol–water partition coefficient (Wildman–Crippen LogP) is -0.995. The van der Waals surface area contributed by atoms with Gasteiger partial charge in [0.2, 0.25) is 0 Å². The number of hydrogen-bond acceptors (Lipinski definition) is 4. The molecule has 6 heteroatoms. The summed E-state index contributed by atoms with van der Waals surface area (Å²) in [5, 5.41) is 17.3. The first kappa shape index (κ1) is 12.0. The van der Waals surface area contributed by atoms with E-state index in [1.165, 1.54) is 0 Å². The molecular weight excluding hydrogens is 191 g/mol. The van der Waals surface area contributed by atoms with Gasteiger partial charge in [-0.25, -0.2) is 0 Å². The Hall–Kier alpha value is -0.975. The van der Waals surface area contributed by atoms with E-state index in [1.807, 2.05) is 19.1 Å². The number of aryl methyl sites for hydroxylation is 1. The molecule has 0 aliphatic carbocycles. The topological polar surface area (TPSA) is 74.6 Å². The van der Waals surface area contributed by atoms with Crippen molar-refractivity contribution in [3.63, 3.8) is 0 Å². The maximum absolute atomic E-state index is 8.67. The lowest BCUT2D eigenvalue weighted by Gasteiger charge is -1.97. The van der Waals surface area contributed by atoms with Crippen LogP contribution in [0.1, 0.15) is 5.56 Å². The van der Waals surface area contributed by atoms with Crippen LogP contribution >= 0.6 is 0 Å². The third-order valence-electron chi connectivity index (χ3n) is 1.38. The Morgan fingerprint density at radius 3 is 1.85 bits per heavy atom. The van der Waals surface area contributed by atoms with Crippen molar-refractivity contribution in [2.24, 2.45) is 0 Å². The molecular formula is C7H9BO4S. The molecule has 0 aliphatic heterocycles. The van der Waals surface area contributed by atoms with E-state index in [2.05, 4.69) is 0 Å². The van der Waals surface area contributed by atoms with Gasteiger partial charge in [-0.3, -0.25) is 0 Å². The maximum Gasteiger partial charge on any atom is 0.488 e. The monoisotopic (exact) mass is 200 g/mol. The van der Waals surface area contributed by atoms with Crippen LogP contribution in [0.15, 0.2) is 24.3 Å². The van der Waals surface area contributed by atoms with E-state index in [1.54, 1.807) is 12.1 Å². The van der Waals surface area contributed by atoms with Gasteiger partial charge in [-0.15, -0.1) is 0 Å². The molecule has 0 radical (unpaired) electrons. The molecule has 0 fully saturated rings. The highest BCUT2D eigenvalue weighted by atomic mass is 32.1. The zero-order chi connectivity index (χ0) is 10.3. The molecule has 0 unspecified atom stereocenters. The van der Waals surface area contributed by atoms with Gasteiger partial charge in [-0.1, -0.05) is 29.8 Å². The van der Waals surface area contributed by atoms with Gasteiger partial charge in [0, 0.05) is 0 Å². The van der Waals surface area contributed by atoms with Crippen LogP contribution in [-0.2, 0) is 11.6 Å². The van der Waals surface area contributed by atoms with Crippen LogP contribution in [-0.4, -0.2) is 25.6 Å². The fraction of sp³-hybridized carbons (Fsp3) is 0.143. The van der Waals surface area contributed by atoms with Crippen LogP contribution in [0.3, 0.4) is 0 Å². The molecule has 2 N–H and O–H groups in total. The van der Waals surface area contributed by atoms with Crippen molar-refractivity contribution < 1.29 is 18.5 Å². The van der Waals surface area contributed by atoms with Crippen molar-refractivity contribution in [2.45, 2.75) is 6.92 Å². The zero-order valence-corrected chi connectivity index (χ0v) is 7.82. The Morgan fingerprint density at radius 1 is 1.15 bits per heavy atom. The molecule has 0 amide bonds. The summed E-state index contributed by atoms with van der Waals surface area (Å²) in [7, 11) is -1.35. The lowest BCUT2D eigenvalue weighted by atomic mass is 9.80. The summed E-state index contributed by atoms with van der Waals surface area (Å²) in [5.74, 6) is 0. The third-order valence-corrected chi connectivity index (χ3v) is 1.38. The highest BCUT2D eigenvalue weighted by molar-refractivity contribution is 7.51. The Bertz CT molecular complexity index is 279. The summed E-state index contributed by atoms with van der Waals surface area (Å²) in [6, 6.07) is 7.07. The molecule has 0 aromatic heterocycles. The molecule has 13 heavy (non-hydrogen) atoms. The average molecular weight is 200 g/mol. The van der Waals surface area contributed by atoms with Crippen molar-refractivity contribution in [2.75, 3.05) is 0 Å². The lowest BCUT2D eigenvalue weighted by molar-refractivity contribution is 0.426. The normalized spacial score (nSPS) is 8.23. The van der Waals surface area contributed by atoms with Crippen molar-refractivity contribution >= 4 is 24.2 Å². The molecule has 1 rings (SSSR count). The first-order chi connectivity index (χ1) is 6.11. The molecule has 1 aromatic rings. The second kappa shape index (κ2) is 6.53. The molecule has 0 bridgehead atoms. The van der Waals surface area contributed by atoms with Crippen LogP contribution in [0, 0.1) is 6.92 Å². The van der Waals surface area contributed by atoms with E-state index in [9.17, 15) is 0 Å². The highest BCUT2D eigenvalue weighted by Crippen LogP contribution is 1.92.